The molecule has 3 rings (SSSR count). The van der Waals surface area contributed by atoms with Crippen molar-refractivity contribution >= 4 is 31.4 Å². The molecule has 5 nitrogen and oxygen atoms in total. The monoisotopic (exact) mass is 410 g/mol. The number of esters is 1. The first-order valence-corrected chi connectivity index (χ1v) is 11.2. The Morgan fingerprint density at radius 3 is 1.76 bits per heavy atom. The molecule has 0 atom stereocenters. The van der Waals surface area contributed by atoms with E-state index < -0.39 is 32.2 Å². The summed E-state index contributed by atoms with van der Waals surface area (Å²) in [5.41, 5.74) is -0.476. The predicted octanol–water partition coefficient (Wildman–Crippen LogP) is 2.68. The molecule has 6 heteroatoms. The molecule has 2 aromatic rings. The van der Waals surface area contributed by atoms with E-state index in [-0.39, 0.29) is 11.3 Å². The van der Waals surface area contributed by atoms with Gasteiger partial charge in [0.1, 0.15) is 0 Å². The van der Waals surface area contributed by atoms with Crippen molar-refractivity contribution in [3.63, 3.8) is 0 Å². The van der Waals surface area contributed by atoms with Crippen molar-refractivity contribution in [2.45, 2.75) is 40.4 Å². The molecule has 0 bridgehead atoms. The highest BCUT2D eigenvalue weighted by Crippen LogP contribution is 2.36. The van der Waals surface area contributed by atoms with Gasteiger partial charge in [0, 0.05) is 13.8 Å². The molecule has 1 fully saturated rings. The van der Waals surface area contributed by atoms with Crippen LogP contribution in [0.15, 0.2) is 72.0 Å². The normalized spacial score (nSPS) is 17.5. The van der Waals surface area contributed by atoms with E-state index in [1.165, 1.54) is 0 Å². The molecular weight excluding hydrogens is 384 g/mol. The van der Waals surface area contributed by atoms with Gasteiger partial charge in [-0.3, -0.25) is 0 Å². The number of cyclic esters (lactones) is 1. The lowest BCUT2D eigenvalue weighted by molar-refractivity contribution is -0.159. The van der Waals surface area contributed by atoms with Crippen LogP contribution in [0.3, 0.4) is 0 Å². The average molecular weight is 411 g/mol. The van der Waals surface area contributed by atoms with Gasteiger partial charge in [-0.1, -0.05) is 81.4 Å². The van der Waals surface area contributed by atoms with Crippen LogP contribution in [-0.4, -0.2) is 26.8 Å². The van der Waals surface area contributed by atoms with Crippen LogP contribution in [0, 0.1) is 5.41 Å². The smallest absolute Gasteiger partial charge is 0.377 e. The summed E-state index contributed by atoms with van der Waals surface area (Å²) in [5.74, 6) is -2.37. The van der Waals surface area contributed by atoms with E-state index in [9.17, 15) is 9.59 Å². The maximum atomic E-state index is 13.4. The SMILES string of the molecule is CC1(C)OC(=O)C(=C(C(=O)O[SiH](c2ccccc2)c2ccccc2)C(C)(C)C)O1. The minimum absolute atomic E-state index is 0.0682. The van der Waals surface area contributed by atoms with E-state index in [1.54, 1.807) is 13.8 Å². The summed E-state index contributed by atoms with van der Waals surface area (Å²) >= 11 is 0. The molecule has 1 aliphatic heterocycles. The molecule has 0 saturated carbocycles. The molecule has 1 aliphatic rings. The third-order valence-electron chi connectivity index (χ3n) is 4.48. The Morgan fingerprint density at radius 2 is 1.38 bits per heavy atom. The predicted molar refractivity (Wildman–Crippen MR) is 113 cm³/mol. The summed E-state index contributed by atoms with van der Waals surface area (Å²) in [4.78, 5) is 25.8. The third kappa shape index (κ3) is 4.77. The summed E-state index contributed by atoms with van der Waals surface area (Å²) < 4.78 is 17.0. The van der Waals surface area contributed by atoms with E-state index in [0.29, 0.717) is 0 Å². The van der Waals surface area contributed by atoms with Gasteiger partial charge in [0.05, 0.1) is 5.57 Å². The Labute approximate surface area is 173 Å². The van der Waals surface area contributed by atoms with Crippen molar-refractivity contribution < 1.29 is 23.5 Å². The van der Waals surface area contributed by atoms with Gasteiger partial charge in [-0.15, -0.1) is 0 Å². The fourth-order valence-electron chi connectivity index (χ4n) is 3.22. The van der Waals surface area contributed by atoms with Crippen LogP contribution in [-0.2, 0) is 23.5 Å². The lowest BCUT2D eigenvalue weighted by Gasteiger charge is -2.25. The lowest BCUT2D eigenvalue weighted by Crippen LogP contribution is -2.47. The number of ether oxygens (including phenoxy) is 2. The van der Waals surface area contributed by atoms with Crippen molar-refractivity contribution in [2.75, 3.05) is 0 Å². The Morgan fingerprint density at radius 1 is 0.897 bits per heavy atom. The van der Waals surface area contributed by atoms with E-state index in [2.05, 4.69) is 0 Å². The first-order valence-electron chi connectivity index (χ1n) is 9.56. The Hall–Kier alpha value is -2.86. The minimum Gasteiger partial charge on any atom is -0.510 e. The molecule has 0 aromatic heterocycles. The molecule has 0 radical (unpaired) electrons. The van der Waals surface area contributed by atoms with Crippen molar-refractivity contribution in [1.82, 2.24) is 0 Å². The highest BCUT2D eigenvalue weighted by molar-refractivity contribution is 6.81. The molecule has 29 heavy (non-hydrogen) atoms. The molecule has 0 aliphatic carbocycles. The van der Waals surface area contributed by atoms with E-state index in [4.69, 9.17) is 13.9 Å². The summed E-state index contributed by atoms with van der Waals surface area (Å²) in [5, 5.41) is 1.95. The second-order valence-electron chi connectivity index (χ2n) is 8.45. The van der Waals surface area contributed by atoms with Gasteiger partial charge in [0.2, 0.25) is 11.5 Å². The molecule has 152 valence electrons. The average Bonchev–Trinajstić information content (AvgIpc) is 2.92. The molecule has 2 aromatic carbocycles. The lowest BCUT2D eigenvalue weighted by atomic mass is 9.85. The van der Waals surface area contributed by atoms with Crippen molar-refractivity contribution in [3.05, 3.63) is 72.0 Å². The molecular formula is C23H26O5Si. The quantitative estimate of drug-likeness (QED) is 0.441. The fraction of sp³-hybridized carbons (Fsp3) is 0.304. The zero-order valence-electron chi connectivity index (χ0n) is 17.4. The Balaban J connectivity index is 2.03. The van der Waals surface area contributed by atoms with Crippen LogP contribution in [0.1, 0.15) is 34.6 Å². The molecule has 0 unspecified atom stereocenters. The van der Waals surface area contributed by atoms with Gasteiger partial charge in [-0.05, 0) is 15.8 Å². The number of carbonyl (C=O) groups excluding carboxylic acids is 2. The standard InChI is InChI=1S/C23H26O5Si/c1-22(2,3)18(19-21(25)27-23(4,5)26-19)20(24)28-29(16-12-8-6-9-13-16)17-14-10-7-11-15-17/h6-15,29H,1-5H3. The number of rotatable bonds is 4. The highest BCUT2D eigenvalue weighted by Gasteiger charge is 2.44. The molecule has 0 N–H and O–H groups in total. The van der Waals surface area contributed by atoms with E-state index >= 15 is 0 Å². The van der Waals surface area contributed by atoms with Crippen LogP contribution in [0.5, 0.6) is 0 Å². The number of benzene rings is 2. The molecule has 1 saturated heterocycles. The van der Waals surface area contributed by atoms with Crippen LogP contribution in [0.4, 0.5) is 0 Å². The highest BCUT2D eigenvalue weighted by atomic mass is 28.3. The number of hydrogen-bond acceptors (Lipinski definition) is 5. The second-order valence-corrected chi connectivity index (χ2v) is 10.8. The molecule has 0 spiro atoms. The summed E-state index contributed by atoms with van der Waals surface area (Å²) in [7, 11) is -2.32. The second kappa shape index (κ2) is 7.87. The van der Waals surface area contributed by atoms with Gasteiger partial charge < -0.3 is 13.9 Å². The first-order chi connectivity index (χ1) is 13.6. The maximum Gasteiger partial charge on any atom is 0.377 e. The largest absolute Gasteiger partial charge is 0.510 e. The van der Waals surface area contributed by atoms with Crippen molar-refractivity contribution in [2.24, 2.45) is 5.41 Å². The van der Waals surface area contributed by atoms with Gasteiger partial charge in [0.15, 0.2) is 0 Å². The zero-order chi connectivity index (χ0) is 21.2. The van der Waals surface area contributed by atoms with Gasteiger partial charge in [-0.25, -0.2) is 9.59 Å². The zero-order valence-corrected chi connectivity index (χ0v) is 18.5. The number of carbonyl (C=O) groups is 2. The van der Waals surface area contributed by atoms with Crippen molar-refractivity contribution in [1.29, 1.82) is 0 Å². The topological polar surface area (TPSA) is 61.8 Å². The van der Waals surface area contributed by atoms with Gasteiger partial charge in [0.25, 0.3) is 0 Å². The van der Waals surface area contributed by atoms with Crippen LogP contribution >= 0.6 is 0 Å². The van der Waals surface area contributed by atoms with Crippen LogP contribution in [0.2, 0.25) is 0 Å². The Bertz CT molecular complexity index is 887. The summed E-state index contributed by atoms with van der Waals surface area (Å²) in [6, 6.07) is 19.4. The fourth-order valence-corrected chi connectivity index (χ4v) is 5.35. The summed E-state index contributed by atoms with van der Waals surface area (Å²) in [6.45, 7) is 8.81. The van der Waals surface area contributed by atoms with Gasteiger partial charge in [-0.2, -0.15) is 0 Å². The number of hydrogen-bond donors (Lipinski definition) is 0. The van der Waals surface area contributed by atoms with Crippen molar-refractivity contribution in [3.8, 4) is 0 Å². The van der Waals surface area contributed by atoms with Crippen LogP contribution in [0.25, 0.3) is 0 Å². The van der Waals surface area contributed by atoms with Gasteiger partial charge >= 0.3 is 21.0 Å². The Kier molecular flexibility index (Phi) is 5.66. The molecule has 0 amide bonds. The minimum atomic E-state index is -2.32. The van der Waals surface area contributed by atoms with E-state index in [0.717, 1.165) is 10.4 Å². The van der Waals surface area contributed by atoms with E-state index in [1.807, 2.05) is 81.4 Å². The maximum absolute atomic E-state index is 13.4. The summed E-state index contributed by atoms with van der Waals surface area (Å²) in [6.07, 6.45) is 0. The van der Waals surface area contributed by atoms with Crippen LogP contribution < -0.4 is 10.4 Å². The third-order valence-corrected chi connectivity index (χ3v) is 6.91. The molecule has 1 heterocycles. The first kappa shape index (κ1) is 20.9.